The minimum atomic E-state index is -3.28. The van der Waals surface area contributed by atoms with E-state index in [1.807, 2.05) is 0 Å². The van der Waals surface area contributed by atoms with Gasteiger partial charge in [-0.3, -0.25) is 4.98 Å². The highest BCUT2D eigenvalue weighted by atomic mass is 79.9. The fourth-order valence-corrected chi connectivity index (χ4v) is 2.23. The summed E-state index contributed by atoms with van der Waals surface area (Å²) in [6.45, 7) is 1.62. The Morgan fingerprint density at radius 2 is 2.14 bits per heavy atom. The van der Waals surface area contributed by atoms with Crippen molar-refractivity contribution in [3.63, 3.8) is 0 Å². The third-order valence-electron chi connectivity index (χ3n) is 1.95. The first kappa shape index (κ1) is 11.6. The van der Waals surface area contributed by atoms with Crippen molar-refractivity contribution in [2.45, 2.75) is 12.2 Å². The van der Waals surface area contributed by atoms with Gasteiger partial charge in [-0.1, -0.05) is 0 Å². The van der Waals surface area contributed by atoms with Gasteiger partial charge in [0.2, 0.25) is 10.0 Å². The minimum absolute atomic E-state index is 0.600. The molecular formula is C8H11BrN2O2S. The van der Waals surface area contributed by atoms with Gasteiger partial charge < -0.3 is 0 Å². The smallest absolute Gasteiger partial charge is 0.218 e. The van der Waals surface area contributed by atoms with Gasteiger partial charge in [-0.2, -0.15) is 0 Å². The summed E-state index contributed by atoms with van der Waals surface area (Å²) in [5.41, 5.74) is 0.661. The number of sulfonamides is 1. The Hall–Kier alpha value is -0.460. The number of pyridine rings is 1. The van der Waals surface area contributed by atoms with Crippen molar-refractivity contribution < 1.29 is 8.42 Å². The predicted molar refractivity (Wildman–Crippen MR) is 58.3 cm³/mol. The number of halogens is 1. The molecule has 78 valence electrons. The predicted octanol–water partition coefficient (Wildman–Crippen LogP) is 1.45. The van der Waals surface area contributed by atoms with E-state index in [-0.39, 0.29) is 0 Å². The van der Waals surface area contributed by atoms with Gasteiger partial charge in [0, 0.05) is 16.9 Å². The number of rotatable bonds is 3. The highest BCUT2D eigenvalue weighted by Gasteiger charge is 2.20. The van der Waals surface area contributed by atoms with E-state index in [0.717, 1.165) is 4.47 Å². The first-order valence-corrected chi connectivity index (χ1v) is 6.34. The van der Waals surface area contributed by atoms with Gasteiger partial charge in [0.05, 0.1) is 5.25 Å². The fraction of sp³-hybridized carbons (Fsp3) is 0.375. The molecule has 0 spiro atoms. The Kier molecular flexibility index (Phi) is 3.63. The highest BCUT2D eigenvalue weighted by Crippen LogP contribution is 2.22. The molecule has 0 amide bonds. The molecule has 4 nitrogen and oxygen atoms in total. The Balaban J connectivity index is 3.07. The zero-order valence-corrected chi connectivity index (χ0v) is 10.3. The molecule has 1 atom stereocenters. The molecule has 0 saturated heterocycles. The maximum absolute atomic E-state index is 11.5. The third kappa shape index (κ3) is 2.52. The van der Waals surface area contributed by atoms with Gasteiger partial charge in [-0.15, -0.1) is 0 Å². The van der Waals surface area contributed by atoms with E-state index in [0.29, 0.717) is 5.56 Å². The molecule has 1 aromatic rings. The summed E-state index contributed by atoms with van der Waals surface area (Å²) in [7, 11) is -1.88. The molecule has 1 unspecified atom stereocenters. The Bertz CT molecular complexity index is 419. The lowest BCUT2D eigenvalue weighted by molar-refractivity contribution is 0.577. The second-order valence-electron chi connectivity index (χ2n) is 2.83. The van der Waals surface area contributed by atoms with Crippen LogP contribution in [0.25, 0.3) is 0 Å². The van der Waals surface area contributed by atoms with E-state index < -0.39 is 15.3 Å². The Labute approximate surface area is 91.9 Å². The second kappa shape index (κ2) is 4.37. The van der Waals surface area contributed by atoms with Crippen LogP contribution in [0.3, 0.4) is 0 Å². The third-order valence-corrected chi connectivity index (χ3v) is 4.15. The first-order chi connectivity index (χ1) is 6.47. The van der Waals surface area contributed by atoms with Crippen LogP contribution in [0.5, 0.6) is 0 Å². The van der Waals surface area contributed by atoms with Gasteiger partial charge in [-0.05, 0) is 41.5 Å². The van der Waals surface area contributed by atoms with Crippen LogP contribution < -0.4 is 4.72 Å². The van der Waals surface area contributed by atoms with Crippen molar-refractivity contribution in [1.82, 2.24) is 9.71 Å². The van der Waals surface area contributed by atoms with Gasteiger partial charge in [0.15, 0.2) is 0 Å². The molecule has 1 rings (SSSR count). The van der Waals surface area contributed by atoms with Crippen LogP contribution in [0.2, 0.25) is 0 Å². The molecule has 0 aliphatic heterocycles. The summed E-state index contributed by atoms with van der Waals surface area (Å²) >= 11 is 3.24. The summed E-state index contributed by atoms with van der Waals surface area (Å²) < 4.78 is 26.0. The van der Waals surface area contributed by atoms with Crippen molar-refractivity contribution >= 4 is 26.0 Å². The van der Waals surface area contributed by atoms with Gasteiger partial charge in [0.1, 0.15) is 0 Å². The summed E-state index contributed by atoms with van der Waals surface area (Å²) in [6.07, 6.45) is 3.16. The molecule has 0 radical (unpaired) electrons. The average Bonchev–Trinajstić information content (AvgIpc) is 2.16. The SMILES string of the molecule is CNS(=O)(=O)C(C)c1cncc(Br)c1. The van der Waals surface area contributed by atoms with E-state index in [4.69, 9.17) is 0 Å². The molecular weight excluding hydrogens is 268 g/mol. The van der Waals surface area contributed by atoms with E-state index in [2.05, 4.69) is 25.6 Å². The van der Waals surface area contributed by atoms with Gasteiger partial charge in [0.25, 0.3) is 0 Å². The van der Waals surface area contributed by atoms with Crippen molar-refractivity contribution in [1.29, 1.82) is 0 Å². The fourth-order valence-electron chi connectivity index (χ4n) is 1.01. The van der Waals surface area contributed by atoms with Crippen molar-refractivity contribution in [3.05, 3.63) is 28.5 Å². The monoisotopic (exact) mass is 278 g/mol. The topological polar surface area (TPSA) is 59.1 Å². The van der Waals surface area contributed by atoms with E-state index in [1.165, 1.54) is 7.05 Å². The lowest BCUT2D eigenvalue weighted by Crippen LogP contribution is -2.24. The lowest BCUT2D eigenvalue weighted by Gasteiger charge is -2.11. The molecule has 0 fully saturated rings. The first-order valence-electron chi connectivity index (χ1n) is 4.00. The quantitative estimate of drug-likeness (QED) is 0.911. The molecule has 1 aromatic heterocycles. The Morgan fingerprint density at radius 1 is 1.50 bits per heavy atom. The zero-order chi connectivity index (χ0) is 10.8. The summed E-state index contributed by atoms with van der Waals surface area (Å²) in [6, 6.07) is 1.74. The van der Waals surface area contributed by atoms with Gasteiger partial charge in [-0.25, -0.2) is 13.1 Å². The van der Waals surface area contributed by atoms with Crippen LogP contribution >= 0.6 is 15.9 Å². The highest BCUT2D eigenvalue weighted by molar-refractivity contribution is 9.10. The molecule has 1 heterocycles. The zero-order valence-electron chi connectivity index (χ0n) is 7.86. The molecule has 0 saturated carbocycles. The summed E-state index contributed by atoms with van der Waals surface area (Å²) in [4.78, 5) is 3.91. The van der Waals surface area contributed by atoms with E-state index in [1.54, 1.807) is 25.4 Å². The van der Waals surface area contributed by atoms with Crippen molar-refractivity contribution in [2.24, 2.45) is 0 Å². The standard InChI is InChI=1S/C8H11BrN2O2S/c1-6(14(12,13)10-2)7-3-8(9)5-11-4-7/h3-6,10H,1-2H3. The van der Waals surface area contributed by atoms with Crippen LogP contribution in [0, 0.1) is 0 Å². The van der Waals surface area contributed by atoms with Crippen LogP contribution in [0.1, 0.15) is 17.7 Å². The lowest BCUT2D eigenvalue weighted by atomic mass is 10.2. The number of hydrogen-bond acceptors (Lipinski definition) is 3. The normalized spacial score (nSPS) is 13.9. The molecule has 0 aromatic carbocycles. The van der Waals surface area contributed by atoms with E-state index >= 15 is 0 Å². The number of nitrogens with zero attached hydrogens (tertiary/aromatic N) is 1. The van der Waals surface area contributed by atoms with Crippen LogP contribution in [-0.2, 0) is 10.0 Å². The molecule has 0 aliphatic carbocycles. The number of aromatic nitrogens is 1. The van der Waals surface area contributed by atoms with Crippen LogP contribution in [0.4, 0.5) is 0 Å². The minimum Gasteiger partial charge on any atom is -0.263 e. The number of nitrogens with one attached hydrogen (secondary N) is 1. The summed E-state index contributed by atoms with van der Waals surface area (Å²) in [5, 5.41) is -0.600. The van der Waals surface area contributed by atoms with Crippen molar-refractivity contribution in [2.75, 3.05) is 7.05 Å². The van der Waals surface area contributed by atoms with Crippen molar-refractivity contribution in [3.8, 4) is 0 Å². The van der Waals surface area contributed by atoms with E-state index in [9.17, 15) is 8.42 Å². The molecule has 0 bridgehead atoms. The second-order valence-corrected chi connectivity index (χ2v) is 5.95. The summed E-state index contributed by atoms with van der Waals surface area (Å²) in [5.74, 6) is 0. The number of hydrogen-bond donors (Lipinski definition) is 1. The molecule has 0 aliphatic rings. The largest absolute Gasteiger partial charge is 0.263 e. The average molecular weight is 279 g/mol. The maximum Gasteiger partial charge on any atom is 0.218 e. The van der Waals surface area contributed by atoms with Gasteiger partial charge >= 0.3 is 0 Å². The van der Waals surface area contributed by atoms with Crippen LogP contribution in [0.15, 0.2) is 22.9 Å². The maximum atomic E-state index is 11.5. The van der Waals surface area contributed by atoms with Crippen LogP contribution in [-0.4, -0.2) is 20.4 Å². The molecule has 6 heteroatoms. The molecule has 14 heavy (non-hydrogen) atoms. The molecule has 1 N–H and O–H groups in total. The Morgan fingerprint density at radius 3 is 2.64 bits per heavy atom.